The smallest absolute Gasteiger partial charge is 0.231 e. The zero-order valence-corrected chi connectivity index (χ0v) is 17.7. The molecule has 4 rings (SSSR count). The van der Waals surface area contributed by atoms with Gasteiger partial charge in [0.1, 0.15) is 0 Å². The van der Waals surface area contributed by atoms with Gasteiger partial charge in [0.25, 0.3) is 0 Å². The van der Waals surface area contributed by atoms with Crippen LogP contribution in [0.5, 0.6) is 0 Å². The summed E-state index contributed by atoms with van der Waals surface area (Å²) in [6.45, 7) is 6.85. The van der Waals surface area contributed by atoms with Gasteiger partial charge in [-0.25, -0.2) is 4.68 Å². The van der Waals surface area contributed by atoms with Crippen molar-refractivity contribution in [2.45, 2.75) is 26.3 Å². The molecule has 3 heterocycles. The summed E-state index contributed by atoms with van der Waals surface area (Å²) < 4.78 is 7.47. The summed E-state index contributed by atoms with van der Waals surface area (Å²) in [5.74, 6) is 1.35. The molecule has 0 radical (unpaired) electrons. The number of aromatic nitrogens is 4. The first-order chi connectivity index (χ1) is 13.0. The summed E-state index contributed by atoms with van der Waals surface area (Å²) in [6.07, 6.45) is 0.572. The molecular formula is C19H24Cl2N6O. The van der Waals surface area contributed by atoms with Gasteiger partial charge in [-0.05, 0) is 45.2 Å². The third-order valence-corrected chi connectivity index (χ3v) is 5.39. The van der Waals surface area contributed by atoms with Gasteiger partial charge >= 0.3 is 0 Å². The maximum Gasteiger partial charge on any atom is 0.231 e. The molecule has 1 atom stereocenters. The van der Waals surface area contributed by atoms with Crippen molar-refractivity contribution in [3.63, 3.8) is 0 Å². The number of nitrogens with one attached hydrogen (secondary N) is 1. The third-order valence-electron chi connectivity index (χ3n) is 5.13. The molecule has 1 aromatic carbocycles. The first-order valence-corrected chi connectivity index (χ1v) is 9.45. The van der Waals surface area contributed by atoms with Crippen molar-refractivity contribution in [3.05, 3.63) is 58.0 Å². The Hall–Kier alpha value is -1.93. The van der Waals surface area contributed by atoms with Gasteiger partial charge < -0.3 is 9.84 Å². The molecule has 9 heteroatoms. The number of likely N-dealkylation sites (N-methyl/N-ethyl adjacent to an activating group) is 1. The molecule has 7 nitrogen and oxygen atoms in total. The van der Waals surface area contributed by atoms with Gasteiger partial charge in [0.05, 0.1) is 23.8 Å². The van der Waals surface area contributed by atoms with Crippen molar-refractivity contribution >= 4 is 24.0 Å². The average molecular weight is 423 g/mol. The topological polar surface area (TPSA) is 72.0 Å². The van der Waals surface area contributed by atoms with Gasteiger partial charge in [0.15, 0.2) is 5.82 Å². The van der Waals surface area contributed by atoms with Gasteiger partial charge in [0.2, 0.25) is 5.89 Å². The quantitative estimate of drug-likeness (QED) is 0.696. The van der Waals surface area contributed by atoms with Gasteiger partial charge in [0, 0.05) is 35.9 Å². The fourth-order valence-corrected chi connectivity index (χ4v) is 3.61. The lowest BCUT2D eigenvalue weighted by Crippen LogP contribution is -2.44. The molecule has 1 unspecified atom stereocenters. The Labute approximate surface area is 175 Å². The molecular weight excluding hydrogens is 399 g/mol. The van der Waals surface area contributed by atoms with E-state index < -0.39 is 0 Å². The maximum absolute atomic E-state index is 5.99. The van der Waals surface area contributed by atoms with Crippen LogP contribution in [0.15, 0.2) is 28.8 Å². The molecule has 3 aromatic rings. The fourth-order valence-electron chi connectivity index (χ4n) is 3.49. The van der Waals surface area contributed by atoms with Crippen molar-refractivity contribution in [2.24, 2.45) is 0 Å². The molecule has 0 spiro atoms. The minimum absolute atomic E-state index is 0. The predicted octanol–water partition coefficient (Wildman–Crippen LogP) is 3.11. The number of nitrogens with zero attached hydrogens (tertiary/aromatic N) is 5. The van der Waals surface area contributed by atoms with Crippen molar-refractivity contribution in [1.29, 1.82) is 0 Å². The van der Waals surface area contributed by atoms with Crippen molar-refractivity contribution in [2.75, 3.05) is 26.7 Å². The SMILES string of the molecule is Cc1nn(-c2ccc(Cl)cc2)c(C)c1Cc1nc(C2CNCCN2C)no1.Cl. The molecule has 0 aliphatic carbocycles. The third kappa shape index (κ3) is 4.07. The van der Waals surface area contributed by atoms with Gasteiger partial charge in [-0.1, -0.05) is 16.8 Å². The predicted molar refractivity (Wildman–Crippen MR) is 111 cm³/mol. The second-order valence-electron chi connectivity index (χ2n) is 6.96. The minimum Gasteiger partial charge on any atom is -0.339 e. The van der Waals surface area contributed by atoms with Gasteiger partial charge in [-0.15, -0.1) is 12.4 Å². The lowest BCUT2D eigenvalue weighted by atomic mass is 10.1. The first-order valence-electron chi connectivity index (χ1n) is 9.07. The van der Waals surface area contributed by atoms with Gasteiger partial charge in [-0.2, -0.15) is 10.1 Å². The van der Waals surface area contributed by atoms with E-state index in [2.05, 4.69) is 39.4 Å². The Morgan fingerprint density at radius 1 is 1.25 bits per heavy atom. The van der Waals surface area contributed by atoms with Crippen LogP contribution in [0, 0.1) is 13.8 Å². The van der Waals surface area contributed by atoms with Crippen molar-refractivity contribution in [1.82, 2.24) is 30.1 Å². The van der Waals surface area contributed by atoms with E-state index >= 15 is 0 Å². The normalized spacial score (nSPS) is 17.5. The summed E-state index contributed by atoms with van der Waals surface area (Å²) in [5.41, 5.74) is 4.10. The maximum atomic E-state index is 5.99. The molecule has 0 amide bonds. The van der Waals surface area contributed by atoms with E-state index in [0.29, 0.717) is 17.3 Å². The number of halogens is 2. The second-order valence-corrected chi connectivity index (χ2v) is 7.40. The number of hydrogen-bond donors (Lipinski definition) is 1. The highest BCUT2D eigenvalue weighted by Crippen LogP contribution is 2.23. The molecule has 1 saturated heterocycles. The fraction of sp³-hybridized carbons (Fsp3) is 0.421. The average Bonchev–Trinajstić information content (AvgIpc) is 3.23. The summed E-state index contributed by atoms with van der Waals surface area (Å²) in [5, 5.41) is 13.0. The van der Waals surface area contributed by atoms with Crippen LogP contribution in [0.2, 0.25) is 5.02 Å². The number of piperazine rings is 1. The van der Waals surface area contributed by atoms with Crippen LogP contribution >= 0.6 is 24.0 Å². The Bertz CT molecular complexity index is 937. The number of rotatable bonds is 4. The highest BCUT2D eigenvalue weighted by molar-refractivity contribution is 6.30. The van der Waals surface area contributed by atoms with Crippen LogP contribution in [0.3, 0.4) is 0 Å². The first kappa shape index (κ1) is 20.8. The van der Waals surface area contributed by atoms with E-state index in [1.54, 1.807) is 0 Å². The summed E-state index contributed by atoms with van der Waals surface area (Å²) >= 11 is 5.99. The second kappa shape index (κ2) is 8.61. The lowest BCUT2D eigenvalue weighted by Gasteiger charge is -2.30. The largest absolute Gasteiger partial charge is 0.339 e. The van der Waals surface area contributed by atoms with Crippen molar-refractivity contribution < 1.29 is 4.52 Å². The van der Waals surface area contributed by atoms with Crippen LogP contribution in [0.25, 0.3) is 5.69 Å². The van der Waals surface area contributed by atoms with Crippen LogP contribution in [0.4, 0.5) is 0 Å². The van der Waals surface area contributed by atoms with E-state index in [1.165, 1.54) is 0 Å². The monoisotopic (exact) mass is 422 g/mol. The Kier molecular flexibility index (Phi) is 6.40. The Balaban J connectivity index is 0.00000225. The van der Waals surface area contributed by atoms with Crippen LogP contribution in [0.1, 0.15) is 34.7 Å². The molecule has 0 bridgehead atoms. The van der Waals surface area contributed by atoms with Crippen molar-refractivity contribution in [3.8, 4) is 5.69 Å². The minimum atomic E-state index is 0. The molecule has 1 aliphatic heterocycles. The number of hydrogen-bond acceptors (Lipinski definition) is 6. The van der Waals surface area contributed by atoms with E-state index in [1.807, 2.05) is 35.9 Å². The molecule has 0 saturated carbocycles. The molecule has 1 N–H and O–H groups in total. The van der Waals surface area contributed by atoms with E-state index in [-0.39, 0.29) is 18.4 Å². The zero-order chi connectivity index (χ0) is 19.0. The Morgan fingerprint density at radius 2 is 2.00 bits per heavy atom. The number of aryl methyl sites for hydroxylation is 1. The highest BCUT2D eigenvalue weighted by Gasteiger charge is 2.26. The molecule has 1 aliphatic rings. The molecule has 1 fully saturated rings. The van der Waals surface area contributed by atoms with E-state index in [4.69, 9.17) is 16.1 Å². The summed E-state index contributed by atoms with van der Waals surface area (Å²) in [4.78, 5) is 6.89. The van der Waals surface area contributed by atoms with E-state index in [9.17, 15) is 0 Å². The summed E-state index contributed by atoms with van der Waals surface area (Å²) in [6, 6.07) is 7.80. The molecule has 28 heavy (non-hydrogen) atoms. The molecule has 2 aromatic heterocycles. The van der Waals surface area contributed by atoms with Crippen LogP contribution in [-0.2, 0) is 6.42 Å². The standard InChI is InChI=1S/C19H23ClN6O.ClH/c1-12-16(13(2)26(23-12)15-6-4-14(20)5-7-15)10-18-22-19(24-27-18)17-11-21-8-9-25(17)3;/h4-7,17,21H,8-11H2,1-3H3;1H. The van der Waals surface area contributed by atoms with Crippen LogP contribution in [-0.4, -0.2) is 51.5 Å². The lowest BCUT2D eigenvalue weighted by molar-refractivity contribution is 0.190. The Morgan fingerprint density at radius 3 is 2.71 bits per heavy atom. The van der Waals surface area contributed by atoms with E-state index in [0.717, 1.165) is 48.1 Å². The molecule has 150 valence electrons. The van der Waals surface area contributed by atoms with Crippen LogP contribution < -0.4 is 5.32 Å². The zero-order valence-electron chi connectivity index (χ0n) is 16.1. The van der Waals surface area contributed by atoms with Gasteiger partial charge in [-0.3, -0.25) is 4.90 Å². The number of benzene rings is 1. The summed E-state index contributed by atoms with van der Waals surface area (Å²) in [7, 11) is 2.09. The highest BCUT2D eigenvalue weighted by atomic mass is 35.5.